The number of carbonyl (C=O) groups excluding carboxylic acids is 3. The molecule has 6 heteroatoms. The molecule has 0 bridgehead atoms. The van der Waals surface area contributed by atoms with Crippen LogP contribution in [0.5, 0.6) is 0 Å². The summed E-state index contributed by atoms with van der Waals surface area (Å²) in [5, 5.41) is 8.63. The Kier molecular flexibility index (Phi) is 11.0. The first-order valence-electron chi connectivity index (χ1n) is 14.8. The van der Waals surface area contributed by atoms with Crippen LogP contribution in [0, 0.1) is 0 Å². The van der Waals surface area contributed by atoms with Crippen LogP contribution in [0.1, 0.15) is 89.6 Å². The molecule has 0 aliphatic carbocycles. The molecule has 218 valence electrons. The standard InChI is InChI=1S/C36H39N3O3.H2/c1-3-5-6-7-8-9-27-12-16-29(17-13-27)35(41)38-32-22-24-33(25-23-32)39-36(42)30-18-20-31(21-19-30)37-34(40)28-14-10-26(4-2)11-15-28;/h10-25H,3-9H2,1-2H3,(H,37,40)(H,38,41)(H,39,42);1H. The second-order valence-electron chi connectivity index (χ2n) is 10.4. The fourth-order valence-corrected chi connectivity index (χ4v) is 4.60. The molecule has 0 unspecified atom stereocenters. The number of aryl methyl sites for hydroxylation is 2. The van der Waals surface area contributed by atoms with E-state index in [1.807, 2.05) is 36.4 Å². The highest BCUT2D eigenvalue weighted by Gasteiger charge is 2.10. The highest BCUT2D eigenvalue weighted by Crippen LogP contribution is 2.18. The van der Waals surface area contributed by atoms with Gasteiger partial charge in [-0.05, 0) is 103 Å². The molecular weight excluding hydrogens is 522 g/mol. The summed E-state index contributed by atoms with van der Waals surface area (Å²) in [5.74, 6) is -0.649. The van der Waals surface area contributed by atoms with Gasteiger partial charge in [0.15, 0.2) is 0 Å². The maximum Gasteiger partial charge on any atom is 0.255 e. The number of rotatable bonds is 13. The van der Waals surface area contributed by atoms with Crippen molar-refractivity contribution in [3.05, 3.63) is 125 Å². The fraction of sp³-hybridized carbons (Fsp3) is 0.250. The molecule has 0 aliphatic heterocycles. The minimum Gasteiger partial charge on any atom is -0.322 e. The lowest BCUT2D eigenvalue weighted by molar-refractivity contribution is 0.101. The average molecular weight is 564 g/mol. The summed E-state index contributed by atoms with van der Waals surface area (Å²) >= 11 is 0. The van der Waals surface area contributed by atoms with Crippen LogP contribution in [0.2, 0.25) is 0 Å². The van der Waals surface area contributed by atoms with Gasteiger partial charge in [0, 0.05) is 35.2 Å². The molecule has 0 spiro atoms. The number of carbonyl (C=O) groups is 3. The van der Waals surface area contributed by atoms with Crippen molar-refractivity contribution < 1.29 is 15.8 Å². The molecule has 4 rings (SSSR count). The quantitative estimate of drug-likeness (QED) is 0.142. The zero-order valence-electron chi connectivity index (χ0n) is 24.4. The Morgan fingerprint density at radius 1 is 0.476 bits per heavy atom. The van der Waals surface area contributed by atoms with E-state index >= 15 is 0 Å². The number of benzene rings is 4. The van der Waals surface area contributed by atoms with Crippen LogP contribution < -0.4 is 16.0 Å². The van der Waals surface area contributed by atoms with Gasteiger partial charge in [0.25, 0.3) is 17.7 Å². The molecular formula is C36H41N3O3. The van der Waals surface area contributed by atoms with Gasteiger partial charge in [-0.25, -0.2) is 0 Å². The highest BCUT2D eigenvalue weighted by atomic mass is 16.2. The lowest BCUT2D eigenvalue weighted by Crippen LogP contribution is -2.14. The van der Waals surface area contributed by atoms with Crippen LogP contribution in [0.15, 0.2) is 97.1 Å². The molecule has 4 aromatic carbocycles. The van der Waals surface area contributed by atoms with Gasteiger partial charge in [0.2, 0.25) is 0 Å². The molecule has 0 saturated carbocycles. The van der Waals surface area contributed by atoms with E-state index in [9.17, 15) is 14.4 Å². The third-order valence-corrected chi connectivity index (χ3v) is 7.22. The van der Waals surface area contributed by atoms with Crippen molar-refractivity contribution in [1.82, 2.24) is 0 Å². The van der Waals surface area contributed by atoms with Crippen molar-refractivity contribution in [3.8, 4) is 0 Å². The Labute approximate surface area is 250 Å². The van der Waals surface area contributed by atoms with Crippen molar-refractivity contribution in [2.24, 2.45) is 0 Å². The predicted molar refractivity (Wildman–Crippen MR) is 174 cm³/mol. The summed E-state index contributed by atoms with van der Waals surface area (Å²) in [4.78, 5) is 38.0. The number of anilines is 3. The molecule has 4 aromatic rings. The molecule has 0 fully saturated rings. The van der Waals surface area contributed by atoms with E-state index in [1.165, 1.54) is 43.2 Å². The van der Waals surface area contributed by atoms with Crippen molar-refractivity contribution >= 4 is 34.8 Å². The van der Waals surface area contributed by atoms with Crippen molar-refractivity contribution in [2.45, 2.75) is 58.8 Å². The van der Waals surface area contributed by atoms with Gasteiger partial charge in [-0.2, -0.15) is 0 Å². The second kappa shape index (κ2) is 15.3. The maximum absolute atomic E-state index is 12.7. The zero-order chi connectivity index (χ0) is 29.7. The van der Waals surface area contributed by atoms with E-state index in [1.54, 1.807) is 60.7 Å². The van der Waals surface area contributed by atoms with Crippen molar-refractivity contribution in [2.75, 3.05) is 16.0 Å². The minimum absolute atomic E-state index is 0. The van der Waals surface area contributed by atoms with Crippen LogP contribution in [0.25, 0.3) is 0 Å². The monoisotopic (exact) mass is 563 g/mol. The lowest BCUT2D eigenvalue weighted by atomic mass is 10.0. The normalized spacial score (nSPS) is 10.6. The Morgan fingerprint density at radius 3 is 1.24 bits per heavy atom. The first kappa shape index (κ1) is 30.3. The molecule has 0 saturated heterocycles. The molecule has 6 nitrogen and oxygen atoms in total. The second-order valence-corrected chi connectivity index (χ2v) is 10.4. The molecule has 42 heavy (non-hydrogen) atoms. The molecule has 3 amide bonds. The van der Waals surface area contributed by atoms with Crippen LogP contribution in [0.4, 0.5) is 17.1 Å². The van der Waals surface area contributed by atoms with Gasteiger partial charge in [-0.1, -0.05) is 63.8 Å². The van der Waals surface area contributed by atoms with Crippen molar-refractivity contribution in [1.29, 1.82) is 0 Å². The highest BCUT2D eigenvalue weighted by molar-refractivity contribution is 6.07. The van der Waals surface area contributed by atoms with Crippen LogP contribution in [-0.4, -0.2) is 17.7 Å². The molecule has 0 heterocycles. The van der Waals surface area contributed by atoms with E-state index in [-0.39, 0.29) is 19.1 Å². The Hall–Kier alpha value is -4.71. The average Bonchev–Trinajstić information content (AvgIpc) is 3.02. The summed E-state index contributed by atoms with van der Waals surface area (Å²) in [5.41, 5.74) is 5.92. The minimum atomic E-state index is -0.273. The first-order valence-corrected chi connectivity index (χ1v) is 14.8. The largest absolute Gasteiger partial charge is 0.322 e. The number of hydrogen-bond donors (Lipinski definition) is 3. The van der Waals surface area contributed by atoms with Gasteiger partial charge < -0.3 is 16.0 Å². The molecule has 0 aromatic heterocycles. The molecule has 0 aliphatic rings. The van der Waals surface area contributed by atoms with Gasteiger partial charge in [-0.15, -0.1) is 0 Å². The van der Waals surface area contributed by atoms with Gasteiger partial charge in [0.05, 0.1) is 0 Å². The third kappa shape index (κ3) is 8.90. The molecule has 0 radical (unpaired) electrons. The summed E-state index contributed by atoms with van der Waals surface area (Å²) in [6, 6.07) is 29.0. The maximum atomic E-state index is 12.7. The molecule has 3 N–H and O–H groups in total. The van der Waals surface area contributed by atoms with Crippen LogP contribution in [0.3, 0.4) is 0 Å². The number of nitrogens with one attached hydrogen (secondary N) is 3. The summed E-state index contributed by atoms with van der Waals surface area (Å²) in [7, 11) is 0. The van der Waals surface area contributed by atoms with Gasteiger partial charge >= 0.3 is 0 Å². The summed E-state index contributed by atoms with van der Waals surface area (Å²) in [6.45, 7) is 4.29. The van der Waals surface area contributed by atoms with Crippen LogP contribution >= 0.6 is 0 Å². The van der Waals surface area contributed by atoms with Gasteiger partial charge in [-0.3, -0.25) is 14.4 Å². The van der Waals surface area contributed by atoms with Crippen molar-refractivity contribution in [3.63, 3.8) is 0 Å². The van der Waals surface area contributed by atoms with E-state index in [0.717, 1.165) is 12.8 Å². The smallest absolute Gasteiger partial charge is 0.255 e. The van der Waals surface area contributed by atoms with E-state index < -0.39 is 0 Å². The first-order chi connectivity index (χ1) is 20.4. The van der Waals surface area contributed by atoms with Gasteiger partial charge in [0.1, 0.15) is 0 Å². The summed E-state index contributed by atoms with van der Waals surface area (Å²) in [6.07, 6.45) is 8.18. The molecule has 0 atom stereocenters. The number of unbranched alkanes of at least 4 members (excludes halogenated alkanes) is 4. The van der Waals surface area contributed by atoms with Crippen LogP contribution in [-0.2, 0) is 12.8 Å². The fourth-order valence-electron chi connectivity index (χ4n) is 4.60. The lowest BCUT2D eigenvalue weighted by Gasteiger charge is -2.10. The third-order valence-electron chi connectivity index (χ3n) is 7.22. The van der Waals surface area contributed by atoms with E-state index in [0.29, 0.717) is 33.8 Å². The van der Waals surface area contributed by atoms with E-state index in [4.69, 9.17) is 0 Å². The topological polar surface area (TPSA) is 87.3 Å². The Morgan fingerprint density at radius 2 is 0.833 bits per heavy atom. The SMILES string of the molecule is CCCCCCCc1ccc(C(=O)Nc2ccc(NC(=O)c3ccc(NC(=O)c4ccc(CC)cc4)cc3)cc2)cc1.[HH]. The number of amides is 3. The zero-order valence-corrected chi connectivity index (χ0v) is 24.4. The summed E-state index contributed by atoms with van der Waals surface area (Å²) < 4.78 is 0. The predicted octanol–water partition coefficient (Wildman–Crippen LogP) is 8.76. The number of hydrogen-bond acceptors (Lipinski definition) is 3. The van der Waals surface area contributed by atoms with E-state index in [2.05, 4.69) is 29.8 Å². The Bertz CT molecular complexity index is 1470. The Balaban J connectivity index is 0.00000506.